The van der Waals surface area contributed by atoms with Crippen molar-refractivity contribution in [3.8, 4) is 0 Å². The number of nitrogens with one attached hydrogen (secondary N) is 1. The molecule has 8 heteroatoms. The van der Waals surface area contributed by atoms with Crippen molar-refractivity contribution in [1.82, 2.24) is 5.32 Å². The number of amides is 1. The third kappa shape index (κ3) is 4.25. The summed E-state index contributed by atoms with van der Waals surface area (Å²) in [6.07, 6.45) is -4.49. The van der Waals surface area contributed by atoms with Gasteiger partial charge in [0, 0.05) is 19.8 Å². The van der Waals surface area contributed by atoms with E-state index in [1.807, 2.05) is 0 Å². The minimum absolute atomic E-state index is 0.126. The highest BCUT2D eigenvalue weighted by Gasteiger charge is 2.40. The van der Waals surface area contributed by atoms with Gasteiger partial charge in [-0.15, -0.1) is 0 Å². The van der Waals surface area contributed by atoms with Gasteiger partial charge in [-0.2, -0.15) is 13.2 Å². The standard InChI is InChI=1S/C16H18F3NO4/c17-16(18,19)12-4-2-1-3-11(12)9-13(21)20-10-15(14(22)23)5-7-24-8-6-15/h1-4H,5-10H2,(H,20,21)(H,22,23). The fourth-order valence-corrected chi connectivity index (χ4v) is 2.68. The number of carboxylic acids is 1. The van der Waals surface area contributed by atoms with Crippen LogP contribution < -0.4 is 5.32 Å². The van der Waals surface area contributed by atoms with E-state index in [0.29, 0.717) is 0 Å². The minimum Gasteiger partial charge on any atom is -0.481 e. The minimum atomic E-state index is -4.54. The molecule has 1 fully saturated rings. The summed E-state index contributed by atoms with van der Waals surface area (Å²) in [5, 5.41) is 11.8. The van der Waals surface area contributed by atoms with Crippen molar-refractivity contribution in [1.29, 1.82) is 0 Å². The summed E-state index contributed by atoms with van der Waals surface area (Å²) in [6.45, 7) is 0.427. The summed E-state index contributed by atoms with van der Waals surface area (Å²) >= 11 is 0. The Hall–Kier alpha value is -2.09. The molecule has 1 aliphatic heterocycles. The Morgan fingerprint density at radius 3 is 2.42 bits per heavy atom. The topological polar surface area (TPSA) is 75.6 Å². The highest BCUT2D eigenvalue weighted by atomic mass is 19.4. The van der Waals surface area contributed by atoms with Crippen molar-refractivity contribution in [3.63, 3.8) is 0 Å². The molecule has 0 aromatic heterocycles. The predicted octanol–water partition coefficient (Wildman–Crippen LogP) is 2.25. The van der Waals surface area contributed by atoms with Crippen LogP contribution in [0.25, 0.3) is 0 Å². The fourth-order valence-electron chi connectivity index (χ4n) is 2.68. The lowest BCUT2D eigenvalue weighted by molar-refractivity contribution is -0.154. The Morgan fingerprint density at radius 2 is 1.83 bits per heavy atom. The third-order valence-electron chi connectivity index (χ3n) is 4.20. The maximum atomic E-state index is 12.9. The number of carbonyl (C=O) groups excluding carboxylic acids is 1. The zero-order chi connectivity index (χ0) is 17.8. The second-order valence-electron chi connectivity index (χ2n) is 5.81. The molecule has 1 heterocycles. The summed E-state index contributed by atoms with van der Waals surface area (Å²) < 4.78 is 43.9. The number of ether oxygens (including phenoxy) is 1. The molecule has 2 rings (SSSR count). The van der Waals surface area contributed by atoms with Crippen LogP contribution in [0.1, 0.15) is 24.0 Å². The molecule has 1 aromatic carbocycles. The first-order valence-electron chi connectivity index (χ1n) is 7.47. The number of halogens is 3. The Bertz CT molecular complexity index is 610. The van der Waals surface area contributed by atoms with Crippen LogP contribution in [0, 0.1) is 5.41 Å². The van der Waals surface area contributed by atoms with Gasteiger partial charge in [0.2, 0.25) is 5.91 Å². The first-order valence-corrected chi connectivity index (χ1v) is 7.47. The van der Waals surface area contributed by atoms with Crippen LogP contribution in [0.4, 0.5) is 13.2 Å². The predicted molar refractivity (Wildman–Crippen MR) is 78.3 cm³/mol. The molecule has 1 aliphatic rings. The number of carboxylic acid groups (broad SMARTS) is 1. The lowest BCUT2D eigenvalue weighted by Gasteiger charge is -2.33. The molecule has 0 unspecified atom stereocenters. The highest BCUT2D eigenvalue weighted by Crippen LogP contribution is 2.32. The Balaban J connectivity index is 2.03. The Kier molecular flexibility index (Phi) is 5.48. The maximum absolute atomic E-state index is 12.9. The molecule has 1 saturated heterocycles. The van der Waals surface area contributed by atoms with Gasteiger partial charge < -0.3 is 15.2 Å². The first-order chi connectivity index (χ1) is 11.2. The van der Waals surface area contributed by atoms with Crippen molar-refractivity contribution >= 4 is 11.9 Å². The summed E-state index contributed by atoms with van der Waals surface area (Å²) in [4.78, 5) is 23.5. The third-order valence-corrected chi connectivity index (χ3v) is 4.20. The maximum Gasteiger partial charge on any atom is 0.416 e. The lowest BCUT2D eigenvalue weighted by Crippen LogP contribution is -2.46. The average molecular weight is 345 g/mol. The van der Waals surface area contributed by atoms with E-state index in [0.717, 1.165) is 6.07 Å². The fraction of sp³-hybridized carbons (Fsp3) is 0.500. The number of alkyl halides is 3. The van der Waals surface area contributed by atoms with Gasteiger partial charge in [0.05, 0.1) is 17.4 Å². The van der Waals surface area contributed by atoms with Gasteiger partial charge in [-0.1, -0.05) is 18.2 Å². The van der Waals surface area contributed by atoms with E-state index >= 15 is 0 Å². The van der Waals surface area contributed by atoms with E-state index < -0.39 is 35.5 Å². The van der Waals surface area contributed by atoms with Gasteiger partial charge in [-0.25, -0.2) is 0 Å². The van der Waals surface area contributed by atoms with Crippen LogP contribution in [0.3, 0.4) is 0 Å². The molecule has 5 nitrogen and oxygen atoms in total. The van der Waals surface area contributed by atoms with Crippen LogP contribution in [-0.4, -0.2) is 36.7 Å². The number of hydrogen-bond acceptors (Lipinski definition) is 3. The molecule has 0 saturated carbocycles. The molecule has 0 atom stereocenters. The molecular weight excluding hydrogens is 327 g/mol. The average Bonchev–Trinajstić information content (AvgIpc) is 2.53. The number of rotatable bonds is 5. The van der Waals surface area contributed by atoms with E-state index in [4.69, 9.17) is 4.74 Å². The molecule has 1 aromatic rings. The first kappa shape index (κ1) is 18.3. The largest absolute Gasteiger partial charge is 0.481 e. The molecule has 24 heavy (non-hydrogen) atoms. The summed E-state index contributed by atoms with van der Waals surface area (Å²) in [5.41, 5.74) is -2.13. The zero-order valence-electron chi connectivity index (χ0n) is 12.9. The van der Waals surface area contributed by atoms with Crippen LogP contribution in [-0.2, 0) is 26.9 Å². The summed E-state index contributed by atoms with van der Waals surface area (Å²) in [7, 11) is 0. The lowest BCUT2D eigenvalue weighted by atomic mass is 9.80. The van der Waals surface area contributed by atoms with Crippen molar-refractivity contribution in [3.05, 3.63) is 35.4 Å². The second-order valence-corrected chi connectivity index (χ2v) is 5.81. The van der Waals surface area contributed by atoms with Gasteiger partial charge in [0.15, 0.2) is 0 Å². The molecule has 0 radical (unpaired) electrons. The molecule has 0 aliphatic carbocycles. The summed E-state index contributed by atoms with van der Waals surface area (Å²) in [5.74, 6) is -1.68. The van der Waals surface area contributed by atoms with Gasteiger partial charge in [0.1, 0.15) is 0 Å². The SMILES string of the molecule is O=C(Cc1ccccc1C(F)(F)F)NCC1(C(=O)O)CCOCC1. The van der Waals surface area contributed by atoms with Crippen molar-refractivity contribution in [2.45, 2.75) is 25.4 Å². The number of benzene rings is 1. The van der Waals surface area contributed by atoms with Crippen molar-refractivity contribution in [2.24, 2.45) is 5.41 Å². The molecule has 2 N–H and O–H groups in total. The van der Waals surface area contributed by atoms with Crippen LogP contribution in [0.5, 0.6) is 0 Å². The van der Waals surface area contributed by atoms with Crippen molar-refractivity contribution < 1.29 is 32.6 Å². The van der Waals surface area contributed by atoms with Gasteiger partial charge >= 0.3 is 12.1 Å². The Morgan fingerprint density at radius 1 is 1.21 bits per heavy atom. The second kappa shape index (κ2) is 7.21. The summed E-state index contributed by atoms with van der Waals surface area (Å²) in [6, 6.07) is 4.84. The molecule has 1 amide bonds. The smallest absolute Gasteiger partial charge is 0.416 e. The molecule has 0 spiro atoms. The van der Waals surface area contributed by atoms with E-state index in [1.165, 1.54) is 18.2 Å². The Labute approximate surface area is 136 Å². The van der Waals surface area contributed by atoms with Crippen LogP contribution >= 0.6 is 0 Å². The van der Waals surface area contributed by atoms with Gasteiger partial charge in [-0.3, -0.25) is 9.59 Å². The zero-order valence-corrected chi connectivity index (χ0v) is 12.9. The molecule has 132 valence electrons. The van der Waals surface area contributed by atoms with Gasteiger partial charge in [-0.05, 0) is 24.5 Å². The van der Waals surface area contributed by atoms with Crippen molar-refractivity contribution in [2.75, 3.05) is 19.8 Å². The number of aliphatic carboxylic acids is 1. The normalized spacial score (nSPS) is 17.3. The highest BCUT2D eigenvalue weighted by molar-refractivity contribution is 5.81. The van der Waals surface area contributed by atoms with E-state index in [9.17, 15) is 27.9 Å². The number of hydrogen-bond donors (Lipinski definition) is 2. The monoisotopic (exact) mass is 345 g/mol. The number of carbonyl (C=O) groups is 2. The van der Waals surface area contributed by atoms with Crippen LogP contribution in [0.2, 0.25) is 0 Å². The van der Waals surface area contributed by atoms with Gasteiger partial charge in [0.25, 0.3) is 0 Å². The van der Waals surface area contributed by atoms with E-state index in [1.54, 1.807) is 0 Å². The molecule has 0 bridgehead atoms. The van der Waals surface area contributed by atoms with E-state index in [2.05, 4.69) is 5.32 Å². The molecular formula is C16H18F3NO4. The quantitative estimate of drug-likeness (QED) is 0.858. The van der Waals surface area contributed by atoms with E-state index in [-0.39, 0.29) is 38.2 Å². The van der Waals surface area contributed by atoms with Crippen LogP contribution in [0.15, 0.2) is 24.3 Å².